The van der Waals surface area contributed by atoms with Crippen LogP contribution in [0.1, 0.15) is 26.3 Å². The number of hydrogen-bond acceptors (Lipinski definition) is 6. The third kappa shape index (κ3) is 6.64. The molecule has 1 aliphatic heterocycles. The molecule has 1 aromatic rings. The van der Waals surface area contributed by atoms with Gasteiger partial charge in [0.1, 0.15) is 0 Å². The number of piperazine rings is 1. The average Bonchev–Trinajstić information content (AvgIpc) is 2.76. The second-order valence-corrected chi connectivity index (χ2v) is 8.05. The van der Waals surface area contributed by atoms with Crippen LogP contribution >= 0.6 is 0 Å². The van der Waals surface area contributed by atoms with Crippen LogP contribution in [0.25, 0.3) is 6.08 Å². The first kappa shape index (κ1) is 24.0. The van der Waals surface area contributed by atoms with Gasteiger partial charge in [-0.15, -0.1) is 0 Å². The second kappa shape index (κ2) is 11.8. The molecule has 0 saturated carbocycles. The van der Waals surface area contributed by atoms with Crippen LogP contribution in [0.3, 0.4) is 0 Å². The summed E-state index contributed by atoms with van der Waals surface area (Å²) in [5, 5.41) is 3.52. The summed E-state index contributed by atoms with van der Waals surface area (Å²) in [5.41, 5.74) is 0.821. The smallest absolute Gasteiger partial charge is 0.246 e. The Bertz CT molecular complexity index is 687. The predicted molar refractivity (Wildman–Crippen MR) is 120 cm³/mol. The molecule has 1 amide bonds. The number of carbonyl (C=O) groups is 1. The number of hydrogen-bond donors (Lipinski definition) is 1. The monoisotopic (exact) mass is 419 g/mol. The maximum absolute atomic E-state index is 12.6. The number of rotatable bonds is 10. The van der Waals surface area contributed by atoms with E-state index in [1.54, 1.807) is 33.5 Å². The molecule has 7 heteroatoms. The quantitative estimate of drug-likeness (QED) is 0.588. The SMILES string of the molecule is COc1cc(C=CC(=O)N2CCN(C(C)CNCC(C)C)CC2)cc(OC)c1OC. The molecule has 168 valence electrons. The molecule has 7 nitrogen and oxygen atoms in total. The molecular weight excluding hydrogens is 382 g/mol. The summed E-state index contributed by atoms with van der Waals surface area (Å²) in [4.78, 5) is 17.0. The van der Waals surface area contributed by atoms with E-state index in [2.05, 4.69) is 31.0 Å². The van der Waals surface area contributed by atoms with Crippen molar-refractivity contribution in [1.82, 2.24) is 15.1 Å². The van der Waals surface area contributed by atoms with Crippen molar-refractivity contribution in [2.75, 3.05) is 60.6 Å². The lowest BCUT2D eigenvalue weighted by atomic mass is 10.1. The van der Waals surface area contributed by atoms with Gasteiger partial charge in [-0.1, -0.05) is 13.8 Å². The van der Waals surface area contributed by atoms with Crippen molar-refractivity contribution in [3.05, 3.63) is 23.8 Å². The summed E-state index contributed by atoms with van der Waals surface area (Å²) in [5.74, 6) is 2.35. The highest BCUT2D eigenvalue weighted by molar-refractivity contribution is 5.92. The minimum Gasteiger partial charge on any atom is -0.493 e. The summed E-state index contributed by atoms with van der Waals surface area (Å²) < 4.78 is 16.1. The minimum absolute atomic E-state index is 0.0222. The van der Waals surface area contributed by atoms with Crippen molar-refractivity contribution in [3.8, 4) is 17.2 Å². The van der Waals surface area contributed by atoms with Gasteiger partial charge < -0.3 is 24.4 Å². The van der Waals surface area contributed by atoms with Crippen LogP contribution in [0.2, 0.25) is 0 Å². The van der Waals surface area contributed by atoms with E-state index < -0.39 is 0 Å². The summed E-state index contributed by atoms with van der Waals surface area (Å²) in [7, 11) is 4.73. The van der Waals surface area contributed by atoms with Crippen molar-refractivity contribution in [2.45, 2.75) is 26.8 Å². The van der Waals surface area contributed by atoms with E-state index in [4.69, 9.17) is 14.2 Å². The number of nitrogens with zero attached hydrogens (tertiary/aromatic N) is 2. The Morgan fingerprint density at radius 2 is 1.60 bits per heavy atom. The molecule has 1 aromatic carbocycles. The van der Waals surface area contributed by atoms with Crippen molar-refractivity contribution in [2.24, 2.45) is 5.92 Å². The lowest BCUT2D eigenvalue weighted by molar-refractivity contribution is -0.127. The fraction of sp³-hybridized carbons (Fsp3) is 0.609. The Kier molecular flexibility index (Phi) is 9.46. The van der Waals surface area contributed by atoms with E-state index in [0.29, 0.717) is 29.2 Å². The Hall–Kier alpha value is -2.25. The third-order valence-corrected chi connectivity index (χ3v) is 5.35. The molecule has 0 aliphatic carbocycles. The summed E-state index contributed by atoms with van der Waals surface area (Å²) in [6.07, 6.45) is 3.40. The number of methoxy groups -OCH3 is 3. The first-order chi connectivity index (χ1) is 14.4. The molecule has 0 radical (unpaired) electrons. The topological polar surface area (TPSA) is 63.3 Å². The van der Waals surface area contributed by atoms with Gasteiger partial charge in [-0.2, -0.15) is 0 Å². The number of amides is 1. The van der Waals surface area contributed by atoms with Crippen LogP contribution in [0.4, 0.5) is 0 Å². The molecule has 0 aromatic heterocycles. The summed E-state index contributed by atoms with van der Waals surface area (Å²) in [6, 6.07) is 4.12. The van der Waals surface area contributed by atoms with Gasteiger partial charge in [-0.3, -0.25) is 9.69 Å². The molecule has 30 heavy (non-hydrogen) atoms. The largest absolute Gasteiger partial charge is 0.493 e. The molecule has 0 spiro atoms. The Morgan fingerprint density at radius 3 is 2.10 bits per heavy atom. The average molecular weight is 420 g/mol. The molecule has 1 atom stereocenters. The standard InChI is InChI=1S/C23H37N3O4/c1-17(2)15-24-16-18(3)25-9-11-26(12-10-25)22(27)8-7-19-13-20(28-4)23(30-6)21(14-19)29-5/h7-8,13-14,17-18,24H,9-12,15-16H2,1-6H3. The first-order valence-corrected chi connectivity index (χ1v) is 10.6. The number of benzene rings is 1. The highest BCUT2D eigenvalue weighted by Crippen LogP contribution is 2.38. The molecule has 1 N–H and O–H groups in total. The van der Waals surface area contributed by atoms with Gasteiger partial charge in [0.05, 0.1) is 21.3 Å². The van der Waals surface area contributed by atoms with Crippen molar-refractivity contribution in [1.29, 1.82) is 0 Å². The maximum atomic E-state index is 12.6. The van der Waals surface area contributed by atoms with E-state index >= 15 is 0 Å². The van der Waals surface area contributed by atoms with Gasteiger partial charge in [0, 0.05) is 44.8 Å². The van der Waals surface area contributed by atoms with E-state index in [0.717, 1.165) is 44.8 Å². The fourth-order valence-corrected chi connectivity index (χ4v) is 3.56. The zero-order chi connectivity index (χ0) is 22.1. The van der Waals surface area contributed by atoms with Gasteiger partial charge >= 0.3 is 0 Å². The second-order valence-electron chi connectivity index (χ2n) is 8.05. The highest BCUT2D eigenvalue weighted by atomic mass is 16.5. The van der Waals surface area contributed by atoms with Crippen LogP contribution in [0.5, 0.6) is 17.2 Å². The van der Waals surface area contributed by atoms with Crippen molar-refractivity contribution in [3.63, 3.8) is 0 Å². The van der Waals surface area contributed by atoms with Crippen LogP contribution in [0, 0.1) is 5.92 Å². The molecular formula is C23H37N3O4. The molecule has 0 bridgehead atoms. The molecule has 1 aliphatic rings. The van der Waals surface area contributed by atoms with Gasteiger partial charge in [0.25, 0.3) is 0 Å². The van der Waals surface area contributed by atoms with Crippen LogP contribution in [-0.2, 0) is 4.79 Å². The fourth-order valence-electron chi connectivity index (χ4n) is 3.56. The zero-order valence-corrected chi connectivity index (χ0v) is 19.2. The zero-order valence-electron chi connectivity index (χ0n) is 19.2. The van der Waals surface area contributed by atoms with E-state index in [1.165, 1.54) is 0 Å². The highest BCUT2D eigenvalue weighted by Gasteiger charge is 2.23. The van der Waals surface area contributed by atoms with Gasteiger partial charge in [0.15, 0.2) is 11.5 Å². The molecule has 1 saturated heterocycles. The number of ether oxygens (including phenoxy) is 3. The first-order valence-electron chi connectivity index (χ1n) is 10.6. The van der Waals surface area contributed by atoms with Crippen LogP contribution in [0.15, 0.2) is 18.2 Å². The number of nitrogens with one attached hydrogen (secondary N) is 1. The minimum atomic E-state index is 0.0222. The maximum Gasteiger partial charge on any atom is 0.246 e. The number of carbonyl (C=O) groups excluding carboxylic acids is 1. The molecule has 1 heterocycles. The van der Waals surface area contributed by atoms with Gasteiger partial charge in [0.2, 0.25) is 11.7 Å². The summed E-state index contributed by atoms with van der Waals surface area (Å²) in [6.45, 7) is 12.0. The van der Waals surface area contributed by atoms with Crippen molar-refractivity contribution < 1.29 is 19.0 Å². The van der Waals surface area contributed by atoms with E-state index in [9.17, 15) is 4.79 Å². The predicted octanol–water partition coefficient (Wildman–Crippen LogP) is 2.50. The van der Waals surface area contributed by atoms with E-state index in [-0.39, 0.29) is 5.91 Å². The Balaban J connectivity index is 1.91. The molecule has 1 fully saturated rings. The Labute approximate surface area is 181 Å². The van der Waals surface area contributed by atoms with E-state index in [1.807, 2.05) is 17.0 Å². The van der Waals surface area contributed by atoms with Crippen LogP contribution < -0.4 is 19.5 Å². The third-order valence-electron chi connectivity index (χ3n) is 5.35. The van der Waals surface area contributed by atoms with Crippen LogP contribution in [-0.4, -0.2) is 82.3 Å². The lowest BCUT2D eigenvalue weighted by Gasteiger charge is -2.37. The Morgan fingerprint density at radius 1 is 1.00 bits per heavy atom. The van der Waals surface area contributed by atoms with Gasteiger partial charge in [-0.05, 0) is 43.2 Å². The van der Waals surface area contributed by atoms with Gasteiger partial charge in [-0.25, -0.2) is 0 Å². The molecule has 1 unspecified atom stereocenters. The van der Waals surface area contributed by atoms with Crippen molar-refractivity contribution >= 4 is 12.0 Å². The molecule has 2 rings (SSSR count). The summed E-state index contributed by atoms with van der Waals surface area (Å²) >= 11 is 0. The lowest BCUT2D eigenvalue weighted by Crippen LogP contribution is -2.53. The normalized spacial score (nSPS) is 16.2.